The van der Waals surface area contributed by atoms with Crippen LogP contribution < -0.4 is 20.3 Å². The van der Waals surface area contributed by atoms with Crippen molar-refractivity contribution < 1.29 is 23.5 Å². The maximum atomic E-state index is 14.3. The van der Waals surface area contributed by atoms with Crippen LogP contribution in [0.15, 0.2) is 72.9 Å². The number of ether oxygens (including phenoxy) is 1. The van der Waals surface area contributed by atoms with Gasteiger partial charge in [0, 0.05) is 30.8 Å². The van der Waals surface area contributed by atoms with E-state index < -0.39 is 17.8 Å². The molecule has 0 unspecified atom stereocenters. The van der Waals surface area contributed by atoms with Crippen molar-refractivity contribution in [2.24, 2.45) is 0 Å². The van der Waals surface area contributed by atoms with Gasteiger partial charge in [-0.2, -0.15) is 0 Å². The van der Waals surface area contributed by atoms with Gasteiger partial charge in [0.05, 0.1) is 7.11 Å². The lowest BCUT2D eigenvalue weighted by Gasteiger charge is -2.32. The monoisotopic (exact) mass is 532 g/mol. The van der Waals surface area contributed by atoms with Crippen molar-refractivity contribution in [3.8, 4) is 5.75 Å². The van der Waals surface area contributed by atoms with Gasteiger partial charge in [-0.3, -0.25) is 19.3 Å². The maximum absolute atomic E-state index is 14.3. The quantitative estimate of drug-likeness (QED) is 0.355. The van der Waals surface area contributed by atoms with Crippen molar-refractivity contribution in [3.63, 3.8) is 0 Å². The van der Waals surface area contributed by atoms with E-state index in [9.17, 15) is 18.8 Å². The van der Waals surface area contributed by atoms with E-state index in [1.807, 2.05) is 0 Å². The lowest BCUT2D eigenvalue weighted by molar-refractivity contribution is -0.127. The van der Waals surface area contributed by atoms with Crippen LogP contribution in [-0.2, 0) is 14.4 Å². The van der Waals surface area contributed by atoms with Crippen molar-refractivity contribution in [2.75, 3.05) is 17.3 Å². The van der Waals surface area contributed by atoms with Crippen molar-refractivity contribution in [1.29, 1.82) is 0 Å². The highest BCUT2D eigenvalue weighted by Crippen LogP contribution is 2.31. The molecule has 2 N–H and O–H groups in total. The topological polar surface area (TPSA) is 101 Å². The van der Waals surface area contributed by atoms with E-state index in [0.29, 0.717) is 17.1 Å². The predicted molar refractivity (Wildman–Crippen MR) is 147 cm³/mol. The zero-order chi connectivity index (χ0) is 27.6. The van der Waals surface area contributed by atoms with Gasteiger partial charge in [0.15, 0.2) is 0 Å². The second-order valence-electron chi connectivity index (χ2n) is 9.53. The maximum Gasteiger partial charge on any atom is 0.248 e. The average molecular weight is 533 g/mol. The van der Waals surface area contributed by atoms with Gasteiger partial charge in [0.25, 0.3) is 0 Å². The van der Waals surface area contributed by atoms with Crippen LogP contribution in [0.1, 0.15) is 56.6 Å². The number of amides is 3. The number of nitrogens with one attached hydrogen (secondary N) is 2. The molecular weight excluding hydrogens is 499 g/mol. The molecule has 0 saturated heterocycles. The van der Waals surface area contributed by atoms with Crippen LogP contribution in [0.25, 0.3) is 0 Å². The van der Waals surface area contributed by atoms with E-state index in [2.05, 4.69) is 15.6 Å². The highest BCUT2D eigenvalue weighted by molar-refractivity contribution is 6.01. The summed E-state index contributed by atoms with van der Waals surface area (Å²) in [5.74, 6) is -0.491. The fourth-order valence-corrected chi connectivity index (χ4v) is 4.78. The number of hydrogen-bond donors (Lipinski definition) is 2. The summed E-state index contributed by atoms with van der Waals surface area (Å²) in [7, 11) is 1.55. The van der Waals surface area contributed by atoms with Crippen LogP contribution in [0.4, 0.5) is 15.9 Å². The molecule has 0 radical (unpaired) electrons. The van der Waals surface area contributed by atoms with Gasteiger partial charge in [-0.05, 0) is 67.3 Å². The number of rotatable bonds is 11. The number of hydrogen-bond acceptors (Lipinski definition) is 5. The fraction of sp³-hybridized carbons (Fsp3) is 0.333. The third kappa shape index (κ3) is 7.63. The molecule has 3 aromatic rings. The normalized spacial score (nSPS) is 13.9. The van der Waals surface area contributed by atoms with Gasteiger partial charge in [0.2, 0.25) is 17.7 Å². The summed E-state index contributed by atoms with van der Waals surface area (Å²) in [4.78, 5) is 45.3. The lowest BCUT2D eigenvalue weighted by Crippen LogP contribution is -2.46. The number of aromatic nitrogens is 1. The second-order valence-corrected chi connectivity index (χ2v) is 9.53. The zero-order valence-electron chi connectivity index (χ0n) is 21.9. The summed E-state index contributed by atoms with van der Waals surface area (Å²) < 4.78 is 19.6. The van der Waals surface area contributed by atoms with Gasteiger partial charge in [-0.15, -0.1) is 0 Å². The van der Waals surface area contributed by atoms with Gasteiger partial charge < -0.3 is 15.4 Å². The molecule has 1 aliphatic carbocycles. The van der Waals surface area contributed by atoms with Crippen LogP contribution in [0, 0.1) is 5.82 Å². The van der Waals surface area contributed by atoms with E-state index in [4.69, 9.17) is 4.74 Å². The number of carbonyl (C=O) groups excluding carboxylic acids is 3. The van der Waals surface area contributed by atoms with Crippen molar-refractivity contribution in [2.45, 2.75) is 57.0 Å². The molecular formula is C30H33FN4O4. The molecule has 2 aromatic carbocycles. The number of anilines is 2. The van der Waals surface area contributed by atoms with Crippen molar-refractivity contribution in [3.05, 3.63) is 84.3 Å². The van der Waals surface area contributed by atoms with E-state index in [1.54, 1.807) is 61.8 Å². The van der Waals surface area contributed by atoms with Gasteiger partial charge in [-0.25, -0.2) is 9.37 Å². The summed E-state index contributed by atoms with van der Waals surface area (Å²) >= 11 is 0. The van der Waals surface area contributed by atoms with E-state index in [1.165, 1.54) is 23.1 Å². The number of halogens is 1. The third-order valence-corrected chi connectivity index (χ3v) is 6.72. The Balaban J connectivity index is 1.58. The average Bonchev–Trinajstić information content (AvgIpc) is 3.45. The highest BCUT2D eigenvalue weighted by atomic mass is 19.1. The molecule has 0 spiro atoms. The van der Waals surface area contributed by atoms with E-state index >= 15 is 0 Å². The number of carbonyl (C=O) groups is 3. The summed E-state index contributed by atoms with van der Waals surface area (Å²) in [6.07, 6.45) is 5.70. The molecule has 39 heavy (non-hydrogen) atoms. The lowest BCUT2D eigenvalue weighted by atomic mass is 10.0. The summed E-state index contributed by atoms with van der Waals surface area (Å²) in [5, 5.41) is 5.80. The molecule has 4 rings (SSSR count). The summed E-state index contributed by atoms with van der Waals surface area (Å²) in [6, 6.07) is 16.7. The fourth-order valence-electron chi connectivity index (χ4n) is 4.78. The Hall–Kier alpha value is -4.27. The summed E-state index contributed by atoms with van der Waals surface area (Å²) in [5.41, 5.74) is 0.831. The first kappa shape index (κ1) is 27.8. The number of pyridine rings is 1. The first-order valence-corrected chi connectivity index (χ1v) is 13.2. The zero-order valence-corrected chi connectivity index (χ0v) is 21.9. The molecule has 9 heteroatoms. The summed E-state index contributed by atoms with van der Waals surface area (Å²) in [6.45, 7) is 0. The van der Waals surface area contributed by atoms with E-state index in [-0.39, 0.29) is 42.8 Å². The molecule has 204 valence electrons. The first-order valence-electron chi connectivity index (χ1n) is 13.2. The Morgan fingerprint density at radius 1 is 1.03 bits per heavy atom. The molecule has 1 atom stereocenters. The minimum absolute atomic E-state index is 0.0183. The smallest absolute Gasteiger partial charge is 0.248 e. The second kappa shape index (κ2) is 13.5. The van der Waals surface area contributed by atoms with Crippen LogP contribution >= 0.6 is 0 Å². The molecule has 1 aliphatic rings. The molecule has 1 aromatic heterocycles. The molecule has 8 nitrogen and oxygen atoms in total. The van der Waals surface area contributed by atoms with Crippen LogP contribution in [0.3, 0.4) is 0 Å². The number of nitrogens with zero attached hydrogens (tertiary/aromatic N) is 2. The number of methoxy groups -OCH3 is 1. The van der Waals surface area contributed by atoms with Crippen molar-refractivity contribution in [1.82, 2.24) is 10.3 Å². The Bertz CT molecular complexity index is 1260. The highest BCUT2D eigenvalue weighted by Gasteiger charge is 2.34. The molecule has 0 bridgehead atoms. The molecule has 1 fully saturated rings. The standard InChI is InChI=1S/C30H33FN4O4/c1-39-25-17-15-21(16-18-25)29(30(38)33-23-9-2-3-10-23)35(24-11-6-8-22(31)20-24)28(37)14-7-13-27(36)34-26-12-4-5-19-32-26/h4-6,8,11-12,15-20,23,29H,2-3,7,9-10,13-14H2,1H3,(H,33,38)(H,32,34,36)/t29-/m1/s1. The molecule has 1 heterocycles. The predicted octanol–water partition coefficient (Wildman–Crippen LogP) is 5.17. The van der Waals surface area contributed by atoms with Crippen LogP contribution in [0.2, 0.25) is 0 Å². The van der Waals surface area contributed by atoms with E-state index in [0.717, 1.165) is 25.7 Å². The molecule has 1 saturated carbocycles. The molecule has 0 aliphatic heterocycles. The van der Waals surface area contributed by atoms with Gasteiger partial charge in [0.1, 0.15) is 23.4 Å². The minimum atomic E-state index is -1.03. The van der Waals surface area contributed by atoms with Gasteiger partial charge in [-0.1, -0.05) is 37.1 Å². The SMILES string of the molecule is COc1ccc([C@H](C(=O)NC2CCCC2)N(C(=O)CCCC(=O)Nc2ccccn2)c2cccc(F)c2)cc1. The third-order valence-electron chi connectivity index (χ3n) is 6.72. The minimum Gasteiger partial charge on any atom is -0.497 e. The largest absolute Gasteiger partial charge is 0.497 e. The van der Waals surface area contributed by atoms with Crippen LogP contribution in [-0.4, -0.2) is 35.9 Å². The number of benzene rings is 2. The Labute approximate surface area is 227 Å². The van der Waals surface area contributed by atoms with Crippen molar-refractivity contribution >= 4 is 29.2 Å². The first-order chi connectivity index (χ1) is 18.9. The Morgan fingerprint density at radius 2 is 1.79 bits per heavy atom. The van der Waals surface area contributed by atoms with Gasteiger partial charge >= 0.3 is 0 Å². The Kier molecular flexibility index (Phi) is 9.61. The molecule has 3 amide bonds. The van der Waals surface area contributed by atoms with Crippen LogP contribution in [0.5, 0.6) is 5.75 Å². The Morgan fingerprint density at radius 3 is 2.46 bits per heavy atom.